The quantitative estimate of drug-likeness (QED) is 0.165. The van der Waals surface area contributed by atoms with E-state index in [2.05, 4.69) is 20.8 Å². The maximum Gasteiger partial charge on any atom is 0.416 e. The Labute approximate surface area is 270 Å². The number of amides is 2. The van der Waals surface area contributed by atoms with Crippen LogP contribution in [0, 0.1) is 5.82 Å². The number of nitrogens with zero attached hydrogens (tertiary/aromatic N) is 4. The average molecular weight is 697 g/mol. The number of carbonyl (C=O) groups is 2. The monoisotopic (exact) mass is 696 g/mol. The van der Waals surface area contributed by atoms with E-state index in [0.29, 0.717) is 18.8 Å². The molecule has 0 radical (unpaired) electrons. The molecule has 1 aliphatic rings. The van der Waals surface area contributed by atoms with Gasteiger partial charge in [0.15, 0.2) is 11.0 Å². The third-order valence-electron chi connectivity index (χ3n) is 6.91. The number of thioether (sulfide) groups is 1. The van der Waals surface area contributed by atoms with Crippen LogP contribution < -0.4 is 10.6 Å². The van der Waals surface area contributed by atoms with E-state index in [1.807, 2.05) is 0 Å². The van der Waals surface area contributed by atoms with E-state index in [1.165, 1.54) is 57.4 Å². The summed E-state index contributed by atoms with van der Waals surface area (Å²) in [6.45, 7) is 0.756. The number of aromatic nitrogens is 3. The highest BCUT2D eigenvalue weighted by Crippen LogP contribution is 2.34. The number of alkyl halides is 3. The number of rotatable bonds is 10. The molecule has 46 heavy (non-hydrogen) atoms. The van der Waals surface area contributed by atoms with E-state index < -0.39 is 39.4 Å². The largest absolute Gasteiger partial charge is 0.416 e. The molecule has 1 saturated heterocycles. The first-order valence-corrected chi connectivity index (χ1v) is 16.5. The fourth-order valence-electron chi connectivity index (χ4n) is 4.59. The van der Waals surface area contributed by atoms with Gasteiger partial charge in [0, 0.05) is 24.3 Å². The minimum Gasteiger partial charge on any atom is -0.345 e. The summed E-state index contributed by atoms with van der Waals surface area (Å²) in [5, 5.41) is 13.3. The fourth-order valence-corrected chi connectivity index (χ4v) is 7.04. The number of carbonyl (C=O) groups excluding carboxylic acids is 2. The predicted octanol–water partition coefficient (Wildman–Crippen LogP) is 5.52. The molecule has 0 unspecified atom stereocenters. The molecule has 3 aromatic carbocycles. The number of hydrogen-bond acceptors (Lipinski definition) is 7. The van der Waals surface area contributed by atoms with Gasteiger partial charge in [0.2, 0.25) is 15.9 Å². The Morgan fingerprint density at radius 1 is 0.957 bits per heavy atom. The molecule has 0 spiro atoms. The first-order valence-electron chi connectivity index (χ1n) is 13.7. The van der Waals surface area contributed by atoms with Crippen molar-refractivity contribution in [1.82, 2.24) is 24.4 Å². The van der Waals surface area contributed by atoms with Crippen molar-refractivity contribution in [2.45, 2.75) is 35.6 Å². The van der Waals surface area contributed by atoms with Crippen LogP contribution in [-0.2, 0) is 27.5 Å². The van der Waals surface area contributed by atoms with Crippen molar-refractivity contribution in [3.8, 4) is 5.69 Å². The minimum atomic E-state index is -4.63. The Balaban J connectivity index is 1.28. The van der Waals surface area contributed by atoms with Crippen LogP contribution in [0.1, 0.15) is 34.6 Å². The molecule has 5 rings (SSSR count). The molecule has 17 heteroatoms. The number of benzene rings is 3. The van der Waals surface area contributed by atoms with Crippen molar-refractivity contribution >= 4 is 50.9 Å². The molecule has 1 fully saturated rings. The number of hydrogen-bond donors (Lipinski definition) is 2. The van der Waals surface area contributed by atoms with E-state index >= 15 is 0 Å². The van der Waals surface area contributed by atoms with Gasteiger partial charge in [0.25, 0.3) is 5.91 Å². The summed E-state index contributed by atoms with van der Waals surface area (Å²) in [5.74, 6) is -1.79. The first kappa shape index (κ1) is 33.4. The maximum absolute atomic E-state index is 13.7. The molecular formula is C29H25ClF4N6O4S2. The lowest BCUT2D eigenvalue weighted by Crippen LogP contribution is -2.28. The smallest absolute Gasteiger partial charge is 0.345 e. The molecule has 2 N–H and O–H groups in total. The van der Waals surface area contributed by atoms with Crippen LogP contribution in [0.4, 0.5) is 23.2 Å². The number of anilines is 1. The fraction of sp³-hybridized carbons (Fsp3) is 0.241. The Hall–Kier alpha value is -3.99. The summed E-state index contributed by atoms with van der Waals surface area (Å²) in [4.78, 5) is 25.7. The zero-order chi connectivity index (χ0) is 33.1. The van der Waals surface area contributed by atoms with Gasteiger partial charge in [-0.3, -0.25) is 14.2 Å². The molecule has 242 valence electrons. The van der Waals surface area contributed by atoms with Gasteiger partial charge in [0.05, 0.1) is 33.5 Å². The van der Waals surface area contributed by atoms with Crippen molar-refractivity contribution < 1.29 is 35.6 Å². The molecule has 0 atom stereocenters. The van der Waals surface area contributed by atoms with Crippen LogP contribution in [0.5, 0.6) is 0 Å². The lowest BCUT2D eigenvalue weighted by atomic mass is 10.2. The van der Waals surface area contributed by atoms with Crippen molar-refractivity contribution in [3.05, 3.63) is 94.5 Å². The van der Waals surface area contributed by atoms with Crippen molar-refractivity contribution in [2.75, 3.05) is 24.2 Å². The van der Waals surface area contributed by atoms with Gasteiger partial charge in [-0.2, -0.15) is 17.5 Å². The zero-order valence-corrected chi connectivity index (χ0v) is 26.1. The maximum atomic E-state index is 13.7. The summed E-state index contributed by atoms with van der Waals surface area (Å²) in [5.41, 5.74) is -0.582. The number of halogens is 5. The third kappa shape index (κ3) is 7.68. The number of nitrogens with one attached hydrogen (secondary N) is 2. The van der Waals surface area contributed by atoms with Crippen LogP contribution in [0.15, 0.2) is 76.8 Å². The molecule has 4 aromatic rings. The summed E-state index contributed by atoms with van der Waals surface area (Å²) < 4.78 is 81.5. The van der Waals surface area contributed by atoms with Crippen LogP contribution in [0.2, 0.25) is 5.02 Å². The molecular weight excluding hydrogens is 672 g/mol. The van der Waals surface area contributed by atoms with Crippen LogP contribution >= 0.6 is 23.4 Å². The lowest BCUT2D eigenvalue weighted by molar-refractivity contribution is -0.137. The van der Waals surface area contributed by atoms with Gasteiger partial charge >= 0.3 is 6.18 Å². The zero-order valence-electron chi connectivity index (χ0n) is 23.7. The Kier molecular flexibility index (Phi) is 10.0. The highest BCUT2D eigenvalue weighted by atomic mass is 35.5. The topological polar surface area (TPSA) is 126 Å². The molecule has 10 nitrogen and oxygen atoms in total. The standard InChI is InChI=1S/C29H25ClF4N6O4S2/c30-23-12-5-19(29(32,33)34)15-24(23)36-26(41)17-45-28-38-37-25(40(28)21-8-6-20(31)7-9-21)16-35-27(42)18-3-10-22(11-4-18)46(43,44)39-13-1-2-14-39/h3-12,15H,1-2,13-14,16-17H2,(H,35,42)(H,36,41). The highest BCUT2D eigenvalue weighted by Gasteiger charge is 2.31. The van der Waals surface area contributed by atoms with E-state index in [4.69, 9.17) is 11.6 Å². The second-order valence-corrected chi connectivity index (χ2v) is 13.3. The second kappa shape index (κ2) is 13.8. The van der Waals surface area contributed by atoms with Gasteiger partial charge in [-0.25, -0.2) is 12.8 Å². The minimum absolute atomic E-state index is 0.0817. The molecule has 1 aromatic heterocycles. The molecule has 2 amide bonds. The SMILES string of the molecule is O=C(CSc1nnc(CNC(=O)c2ccc(S(=O)(=O)N3CCCC3)cc2)n1-c1ccc(F)cc1)Nc1cc(C(F)(F)F)ccc1Cl. The first-order chi connectivity index (χ1) is 21.8. The van der Waals surface area contributed by atoms with E-state index in [-0.39, 0.29) is 44.4 Å². The van der Waals surface area contributed by atoms with Gasteiger partial charge in [-0.1, -0.05) is 23.4 Å². The van der Waals surface area contributed by atoms with Gasteiger partial charge in [-0.15, -0.1) is 10.2 Å². The van der Waals surface area contributed by atoms with Gasteiger partial charge in [0.1, 0.15) is 5.82 Å². The van der Waals surface area contributed by atoms with Crippen molar-refractivity contribution in [3.63, 3.8) is 0 Å². The van der Waals surface area contributed by atoms with E-state index in [9.17, 15) is 35.6 Å². The Morgan fingerprint density at radius 3 is 2.28 bits per heavy atom. The van der Waals surface area contributed by atoms with Crippen LogP contribution in [0.25, 0.3) is 5.69 Å². The summed E-state index contributed by atoms with van der Waals surface area (Å²) in [6.07, 6.45) is -3.04. The Morgan fingerprint density at radius 2 is 1.63 bits per heavy atom. The van der Waals surface area contributed by atoms with Gasteiger partial charge in [-0.05, 0) is 79.6 Å². The molecule has 1 aliphatic heterocycles. The Bertz CT molecular complexity index is 1850. The van der Waals surface area contributed by atoms with Crippen LogP contribution in [-0.4, -0.2) is 58.1 Å². The molecule has 0 bridgehead atoms. The van der Waals surface area contributed by atoms with Crippen LogP contribution in [0.3, 0.4) is 0 Å². The summed E-state index contributed by atoms with van der Waals surface area (Å²) >= 11 is 6.88. The summed E-state index contributed by atoms with van der Waals surface area (Å²) in [6, 6.07) is 13.4. The lowest BCUT2D eigenvalue weighted by Gasteiger charge is -2.15. The highest BCUT2D eigenvalue weighted by molar-refractivity contribution is 7.99. The molecule has 0 aliphatic carbocycles. The third-order valence-corrected chi connectivity index (χ3v) is 10.1. The summed E-state index contributed by atoms with van der Waals surface area (Å²) in [7, 11) is -3.64. The van der Waals surface area contributed by atoms with E-state index in [0.717, 1.165) is 42.8 Å². The second-order valence-electron chi connectivity index (χ2n) is 10.1. The average Bonchev–Trinajstić information content (AvgIpc) is 3.71. The number of sulfonamides is 1. The van der Waals surface area contributed by atoms with Gasteiger partial charge < -0.3 is 10.6 Å². The normalized spacial score (nSPS) is 13.9. The molecule has 0 saturated carbocycles. The van der Waals surface area contributed by atoms with E-state index in [1.54, 1.807) is 0 Å². The molecule has 2 heterocycles. The predicted molar refractivity (Wildman–Crippen MR) is 163 cm³/mol. The van der Waals surface area contributed by atoms with Crippen molar-refractivity contribution in [1.29, 1.82) is 0 Å². The van der Waals surface area contributed by atoms with Crippen molar-refractivity contribution in [2.24, 2.45) is 0 Å².